The van der Waals surface area contributed by atoms with Crippen molar-refractivity contribution in [3.8, 4) is 5.82 Å². The van der Waals surface area contributed by atoms with Crippen molar-refractivity contribution >= 4 is 18.6 Å². The van der Waals surface area contributed by atoms with Crippen LogP contribution in [-0.2, 0) is 12.8 Å². The maximum Gasteiger partial charge on any atom is 0.220 e. The summed E-state index contributed by atoms with van der Waals surface area (Å²) in [5.41, 5.74) is 9.49. The first-order valence-corrected chi connectivity index (χ1v) is 6.06. The number of fused-ring (bicyclic) bond motifs is 1. The number of hydrogen-bond acceptors (Lipinski definition) is 5. The second-order valence-electron chi connectivity index (χ2n) is 4.32. The van der Waals surface area contributed by atoms with Gasteiger partial charge >= 0.3 is 0 Å². The minimum atomic E-state index is 0.421. The third kappa shape index (κ3) is 1.53. The molecule has 1 aliphatic carbocycles. The zero-order chi connectivity index (χ0) is 12.0. The van der Waals surface area contributed by atoms with E-state index in [1.165, 1.54) is 28.2 Å². The van der Waals surface area contributed by atoms with Crippen LogP contribution in [0.1, 0.15) is 29.8 Å². The maximum atomic E-state index is 5.88. The number of hydrogen-bond donors (Lipinski definition) is 2. The highest BCUT2D eigenvalue weighted by atomic mass is 32.1. The first-order chi connectivity index (χ1) is 8.18. The molecule has 6 nitrogen and oxygen atoms in total. The predicted molar refractivity (Wildman–Crippen MR) is 67.3 cm³/mol. The maximum absolute atomic E-state index is 5.88. The molecule has 0 radical (unpaired) electrons. The van der Waals surface area contributed by atoms with Crippen molar-refractivity contribution in [3.05, 3.63) is 17.0 Å². The van der Waals surface area contributed by atoms with E-state index in [2.05, 4.69) is 28.2 Å². The van der Waals surface area contributed by atoms with Crippen molar-refractivity contribution in [3.63, 3.8) is 0 Å². The number of rotatable bonds is 1. The van der Waals surface area contributed by atoms with Crippen LogP contribution in [-0.4, -0.2) is 24.2 Å². The van der Waals surface area contributed by atoms with Crippen LogP contribution in [0.15, 0.2) is 0 Å². The first kappa shape index (κ1) is 10.6. The summed E-state index contributed by atoms with van der Waals surface area (Å²) in [6.07, 6.45) is 4.53. The Hall–Kier alpha value is -1.50. The fourth-order valence-corrected chi connectivity index (χ4v) is 2.51. The van der Waals surface area contributed by atoms with Gasteiger partial charge in [-0.05, 0) is 51.0 Å². The van der Waals surface area contributed by atoms with Gasteiger partial charge in [0, 0.05) is 5.69 Å². The Balaban J connectivity index is 2.18. The van der Waals surface area contributed by atoms with Gasteiger partial charge in [-0.15, -0.1) is 5.10 Å². The van der Waals surface area contributed by atoms with E-state index in [4.69, 9.17) is 5.73 Å². The summed E-state index contributed by atoms with van der Waals surface area (Å²) in [6, 6.07) is 0. The molecule has 7 heteroatoms. The molecular formula is C10H14N6S. The van der Waals surface area contributed by atoms with E-state index in [-0.39, 0.29) is 0 Å². The SMILES string of the molecule is Cc1nn(-c2nnn(S)c2N)c2c1CCCC2. The smallest absolute Gasteiger partial charge is 0.220 e. The molecule has 1 aliphatic rings. The third-order valence-corrected chi connectivity index (χ3v) is 3.55. The van der Waals surface area contributed by atoms with E-state index in [0.29, 0.717) is 11.6 Å². The largest absolute Gasteiger partial charge is 0.380 e. The normalized spacial score (nSPS) is 14.9. The number of nitrogens with zero attached hydrogens (tertiary/aromatic N) is 5. The van der Waals surface area contributed by atoms with E-state index < -0.39 is 0 Å². The van der Waals surface area contributed by atoms with Crippen LogP contribution in [0.3, 0.4) is 0 Å². The highest BCUT2D eigenvalue weighted by Gasteiger charge is 2.22. The molecule has 0 unspecified atom stereocenters. The average Bonchev–Trinajstić information content (AvgIpc) is 2.83. The summed E-state index contributed by atoms with van der Waals surface area (Å²) in [4.78, 5) is 0. The fraction of sp³-hybridized carbons (Fsp3) is 0.500. The molecule has 2 aromatic rings. The van der Waals surface area contributed by atoms with E-state index in [1.54, 1.807) is 0 Å². The minimum absolute atomic E-state index is 0.421. The Morgan fingerprint density at radius 2 is 2.06 bits per heavy atom. The summed E-state index contributed by atoms with van der Waals surface area (Å²) in [7, 11) is 0. The van der Waals surface area contributed by atoms with Crippen LogP contribution in [0.25, 0.3) is 5.82 Å². The monoisotopic (exact) mass is 250 g/mol. The van der Waals surface area contributed by atoms with Crippen LogP contribution < -0.4 is 5.73 Å². The van der Waals surface area contributed by atoms with Gasteiger partial charge < -0.3 is 5.73 Å². The fourth-order valence-electron chi connectivity index (χ4n) is 2.38. The van der Waals surface area contributed by atoms with Gasteiger partial charge in [-0.1, -0.05) is 5.21 Å². The van der Waals surface area contributed by atoms with Crippen LogP contribution in [0.5, 0.6) is 0 Å². The van der Waals surface area contributed by atoms with Gasteiger partial charge in [-0.25, -0.2) is 4.68 Å². The molecule has 0 aromatic carbocycles. The van der Waals surface area contributed by atoms with E-state index in [9.17, 15) is 0 Å². The Morgan fingerprint density at radius 1 is 1.29 bits per heavy atom. The molecule has 0 fully saturated rings. The van der Waals surface area contributed by atoms with Crippen LogP contribution in [0.2, 0.25) is 0 Å². The number of aryl methyl sites for hydroxylation is 1. The molecule has 0 spiro atoms. The molecule has 0 saturated carbocycles. The molecule has 0 amide bonds. The van der Waals surface area contributed by atoms with Gasteiger partial charge in [0.2, 0.25) is 5.82 Å². The number of nitrogens with two attached hydrogens (primary N) is 1. The van der Waals surface area contributed by atoms with Gasteiger partial charge in [-0.3, -0.25) is 0 Å². The first-order valence-electron chi connectivity index (χ1n) is 5.66. The Kier molecular flexibility index (Phi) is 2.36. The van der Waals surface area contributed by atoms with Gasteiger partial charge in [0.25, 0.3) is 0 Å². The highest BCUT2D eigenvalue weighted by molar-refractivity contribution is 7.78. The lowest BCUT2D eigenvalue weighted by Gasteiger charge is -2.12. The summed E-state index contributed by atoms with van der Waals surface area (Å²) < 4.78 is 3.08. The van der Waals surface area contributed by atoms with Gasteiger partial charge in [0.05, 0.1) is 5.69 Å². The summed E-state index contributed by atoms with van der Waals surface area (Å²) in [5, 5.41) is 12.3. The predicted octanol–water partition coefficient (Wildman–Crippen LogP) is 0.926. The van der Waals surface area contributed by atoms with Gasteiger partial charge in [-0.2, -0.15) is 9.19 Å². The standard InChI is InChI=1S/C10H14N6S/c1-6-7-4-2-3-5-8(7)15(13-6)10-9(11)16(17)14-12-10/h17H,2-5,11H2,1H3. The second kappa shape index (κ2) is 3.76. The van der Waals surface area contributed by atoms with Crippen molar-refractivity contribution in [2.24, 2.45) is 0 Å². The number of nitrogen functional groups attached to an aromatic ring is 1. The van der Waals surface area contributed by atoms with Crippen LogP contribution >= 0.6 is 12.8 Å². The molecule has 2 aromatic heterocycles. The molecule has 0 bridgehead atoms. The molecule has 0 aliphatic heterocycles. The molecule has 90 valence electrons. The minimum Gasteiger partial charge on any atom is -0.380 e. The lowest BCUT2D eigenvalue weighted by molar-refractivity contribution is 0.649. The van der Waals surface area contributed by atoms with E-state index in [1.807, 2.05) is 11.6 Å². The Bertz CT molecular complexity index is 570. The van der Waals surface area contributed by atoms with Crippen molar-refractivity contribution in [1.82, 2.24) is 24.2 Å². The summed E-state index contributed by atoms with van der Waals surface area (Å²) in [5.74, 6) is 0.996. The number of anilines is 1. The number of aromatic nitrogens is 5. The van der Waals surface area contributed by atoms with E-state index >= 15 is 0 Å². The number of thiol groups is 1. The molecule has 3 rings (SSSR count). The van der Waals surface area contributed by atoms with Crippen molar-refractivity contribution < 1.29 is 0 Å². The zero-order valence-electron chi connectivity index (χ0n) is 9.59. The highest BCUT2D eigenvalue weighted by Crippen LogP contribution is 2.27. The van der Waals surface area contributed by atoms with Crippen molar-refractivity contribution in [2.75, 3.05) is 5.73 Å². The van der Waals surface area contributed by atoms with Crippen molar-refractivity contribution in [1.29, 1.82) is 0 Å². The Labute approximate surface area is 104 Å². The lowest BCUT2D eigenvalue weighted by atomic mass is 9.96. The molecular weight excluding hydrogens is 236 g/mol. The molecule has 0 saturated heterocycles. The van der Waals surface area contributed by atoms with Crippen LogP contribution in [0.4, 0.5) is 5.82 Å². The topological polar surface area (TPSA) is 74.5 Å². The third-order valence-electron chi connectivity index (χ3n) is 3.25. The average molecular weight is 250 g/mol. The lowest BCUT2D eigenvalue weighted by Crippen LogP contribution is -2.09. The second-order valence-corrected chi connectivity index (χ2v) is 4.70. The molecule has 17 heavy (non-hydrogen) atoms. The van der Waals surface area contributed by atoms with Gasteiger partial charge in [0.15, 0.2) is 5.82 Å². The summed E-state index contributed by atoms with van der Waals surface area (Å²) in [6.45, 7) is 2.03. The quantitative estimate of drug-likeness (QED) is 0.738. The molecule has 2 heterocycles. The summed E-state index contributed by atoms with van der Waals surface area (Å²) >= 11 is 4.08. The molecule has 2 N–H and O–H groups in total. The van der Waals surface area contributed by atoms with Crippen molar-refractivity contribution in [2.45, 2.75) is 32.6 Å². The van der Waals surface area contributed by atoms with Crippen LogP contribution in [0, 0.1) is 6.92 Å². The van der Waals surface area contributed by atoms with Gasteiger partial charge in [0.1, 0.15) is 0 Å². The zero-order valence-corrected chi connectivity index (χ0v) is 10.5. The Morgan fingerprint density at radius 3 is 2.76 bits per heavy atom. The molecule has 0 atom stereocenters. The van der Waals surface area contributed by atoms with E-state index in [0.717, 1.165) is 18.5 Å².